The van der Waals surface area contributed by atoms with Gasteiger partial charge in [0.05, 0.1) is 0 Å². The second-order valence-electron chi connectivity index (χ2n) is 4.91. The minimum Gasteiger partial charge on any atom is -0.326 e. The Morgan fingerprint density at radius 1 is 1.11 bits per heavy atom. The van der Waals surface area contributed by atoms with Crippen LogP contribution in [-0.4, -0.2) is 35.7 Å². The van der Waals surface area contributed by atoms with Gasteiger partial charge in [0.2, 0.25) is 0 Å². The molecule has 0 saturated heterocycles. The molecule has 3 unspecified atom stereocenters. The first-order valence-corrected chi connectivity index (χ1v) is 6.87. The second kappa shape index (κ2) is 8.00. The minimum atomic E-state index is -4.26. The molecule has 0 radical (unpaired) electrons. The van der Waals surface area contributed by atoms with E-state index in [1.165, 1.54) is 4.90 Å². The number of nitrogens with zero attached hydrogens (tertiary/aromatic N) is 1. The van der Waals surface area contributed by atoms with Crippen LogP contribution < -0.4 is 5.73 Å². The maximum atomic E-state index is 13.2. The first-order chi connectivity index (χ1) is 8.29. The van der Waals surface area contributed by atoms with Crippen molar-refractivity contribution in [2.24, 2.45) is 5.73 Å². The lowest BCUT2D eigenvalue weighted by Gasteiger charge is -2.40. The summed E-state index contributed by atoms with van der Waals surface area (Å²) in [6.07, 6.45) is -1.56. The molecule has 0 aliphatic heterocycles. The Morgan fingerprint density at radius 2 is 1.67 bits per heavy atom. The normalized spacial score (nSPS) is 17.8. The average Bonchev–Trinajstić information content (AvgIpc) is 2.30. The summed E-state index contributed by atoms with van der Waals surface area (Å²) in [6, 6.07) is -2.47. The molecule has 0 amide bonds. The van der Waals surface area contributed by atoms with Crippen LogP contribution in [0.15, 0.2) is 0 Å². The first-order valence-electron chi connectivity index (χ1n) is 6.87. The highest BCUT2D eigenvalue weighted by Gasteiger charge is 2.47. The van der Waals surface area contributed by atoms with Crippen LogP contribution in [0.4, 0.5) is 13.2 Å². The third-order valence-electron chi connectivity index (χ3n) is 3.50. The van der Waals surface area contributed by atoms with E-state index in [-0.39, 0.29) is 6.04 Å². The Morgan fingerprint density at radius 3 is 2.00 bits per heavy atom. The van der Waals surface area contributed by atoms with Crippen molar-refractivity contribution < 1.29 is 13.2 Å². The maximum absolute atomic E-state index is 13.2. The van der Waals surface area contributed by atoms with E-state index in [2.05, 4.69) is 0 Å². The van der Waals surface area contributed by atoms with E-state index in [9.17, 15) is 13.2 Å². The van der Waals surface area contributed by atoms with Gasteiger partial charge in [-0.1, -0.05) is 27.2 Å². The molecule has 0 heterocycles. The van der Waals surface area contributed by atoms with Gasteiger partial charge >= 0.3 is 6.18 Å². The third kappa shape index (κ3) is 5.14. The lowest BCUT2D eigenvalue weighted by molar-refractivity contribution is -0.195. The summed E-state index contributed by atoms with van der Waals surface area (Å²) in [7, 11) is 0. The molecule has 0 spiro atoms. The van der Waals surface area contributed by atoms with Gasteiger partial charge in [-0.3, -0.25) is 4.90 Å². The number of alkyl halides is 3. The Hall–Kier alpha value is -0.290. The molecule has 0 fully saturated rings. The number of halogens is 3. The van der Waals surface area contributed by atoms with Gasteiger partial charge in [-0.2, -0.15) is 13.2 Å². The number of nitrogens with two attached hydrogens (primary N) is 1. The molecule has 0 aromatic carbocycles. The largest absolute Gasteiger partial charge is 0.405 e. The molecule has 110 valence electrons. The smallest absolute Gasteiger partial charge is 0.326 e. The van der Waals surface area contributed by atoms with E-state index in [4.69, 9.17) is 5.73 Å². The fourth-order valence-electron chi connectivity index (χ4n) is 2.11. The molecule has 0 aromatic heterocycles. The molecule has 0 aromatic rings. The van der Waals surface area contributed by atoms with Gasteiger partial charge in [-0.15, -0.1) is 0 Å². The van der Waals surface area contributed by atoms with Gasteiger partial charge in [0.25, 0.3) is 0 Å². The van der Waals surface area contributed by atoms with E-state index in [1.54, 1.807) is 6.92 Å². The van der Waals surface area contributed by atoms with Crippen molar-refractivity contribution in [3.8, 4) is 0 Å². The van der Waals surface area contributed by atoms with Crippen LogP contribution in [0.3, 0.4) is 0 Å². The Kier molecular flexibility index (Phi) is 7.87. The van der Waals surface area contributed by atoms with Gasteiger partial charge in [0, 0.05) is 12.1 Å². The highest BCUT2D eigenvalue weighted by molar-refractivity contribution is 4.89. The summed E-state index contributed by atoms with van der Waals surface area (Å²) in [5.41, 5.74) is 5.71. The van der Waals surface area contributed by atoms with Crippen LogP contribution in [-0.2, 0) is 0 Å². The predicted molar refractivity (Wildman–Crippen MR) is 69.5 cm³/mol. The van der Waals surface area contributed by atoms with Gasteiger partial charge in [-0.25, -0.2) is 0 Å². The summed E-state index contributed by atoms with van der Waals surface area (Å²) in [5, 5.41) is 0. The summed E-state index contributed by atoms with van der Waals surface area (Å²) in [5.74, 6) is 0. The van der Waals surface area contributed by atoms with Crippen molar-refractivity contribution >= 4 is 0 Å². The molecular formula is C13H27F3N2. The Labute approximate surface area is 109 Å². The molecule has 0 aliphatic carbocycles. The van der Waals surface area contributed by atoms with Crippen molar-refractivity contribution in [3.63, 3.8) is 0 Å². The van der Waals surface area contributed by atoms with E-state index < -0.39 is 18.3 Å². The lowest BCUT2D eigenvalue weighted by atomic mass is 10.0. The summed E-state index contributed by atoms with van der Waals surface area (Å²) >= 11 is 0. The zero-order valence-electron chi connectivity index (χ0n) is 11.9. The number of unbranched alkanes of at least 4 members (excludes halogenated alkanes) is 1. The fraction of sp³-hybridized carbons (Fsp3) is 1.00. The molecule has 0 saturated carbocycles. The summed E-state index contributed by atoms with van der Waals surface area (Å²) in [6.45, 7) is 7.91. The standard InChI is InChI=1S/C13H27F3N2/c1-5-8-9-18(10(4)6-2)12(11(17)7-3)13(14,15)16/h10-12H,5-9,17H2,1-4H3. The van der Waals surface area contributed by atoms with Crippen LogP contribution in [0.2, 0.25) is 0 Å². The third-order valence-corrected chi connectivity index (χ3v) is 3.50. The molecule has 18 heavy (non-hydrogen) atoms. The van der Waals surface area contributed by atoms with Crippen molar-refractivity contribution in [2.75, 3.05) is 6.54 Å². The molecule has 3 atom stereocenters. The Bertz CT molecular complexity index is 219. The zero-order chi connectivity index (χ0) is 14.3. The van der Waals surface area contributed by atoms with Crippen molar-refractivity contribution in [1.82, 2.24) is 4.90 Å². The topological polar surface area (TPSA) is 29.3 Å². The summed E-state index contributed by atoms with van der Waals surface area (Å²) < 4.78 is 39.6. The number of hydrogen-bond acceptors (Lipinski definition) is 2. The molecule has 5 heteroatoms. The molecule has 0 aliphatic rings. The monoisotopic (exact) mass is 268 g/mol. The van der Waals surface area contributed by atoms with Crippen molar-refractivity contribution in [2.45, 2.75) is 77.7 Å². The van der Waals surface area contributed by atoms with E-state index in [1.807, 2.05) is 20.8 Å². The minimum absolute atomic E-state index is 0.0965. The first kappa shape index (κ1) is 17.7. The number of hydrogen-bond donors (Lipinski definition) is 1. The molecule has 2 N–H and O–H groups in total. The van der Waals surface area contributed by atoms with Crippen molar-refractivity contribution in [3.05, 3.63) is 0 Å². The van der Waals surface area contributed by atoms with E-state index in [0.717, 1.165) is 12.8 Å². The van der Waals surface area contributed by atoms with Crippen LogP contribution in [0, 0.1) is 0 Å². The second-order valence-corrected chi connectivity index (χ2v) is 4.91. The summed E-state index contributed by atoms with van der Waals surface area (Å²) in [4.78, 5) is 1.54. The maximum Gasteiger partial charge on any atom is 0.405 e. The predicted octanol–water partition coefficient (Wildman–Crippen LogP) is 3.56. The quantitative estimate of drug-likeness (QED) is 0.729. The zero-order valence-corrected chi connectivity index (χ0v) is 11.9. The van der Waals surface area contributed by atoms with Crippen LogP contribution in [0.1, 0.15) is 53.4 Å². The SMILES string of the molecule is CCCCN(C(C)CC)C(C(N)CC)C(F)(F)F. The van der Waals surface area contributed by atoms with Gasteiger partial charge in [-0.05, 0) is 32.7 Å². The van der Waals surface area contributed by atoms with Crippen molar-refractivity contribution in [1.29, 1.82) is 0 Å². The van der Waals surface area contributed by atoms with E-state index in [0.29, 0.717) is 19.4 Å². The van der Waals surface area contributed by atoms with E-state index >= 15 is 0 Å². The molecule has 0 rings (SSSR count). The fourth-order valence-corrected chi connectivity index (χ4v) is 2.11. The molecule has 0 bridgehead atoms. The number of rotatable bonds is 8. The Balaban J connectivity index is 5.07. The molecule has 2 nitrogen and oxygen atoms in total. The van der Waals surface area contributed by atoms with Crippen LogP contribution in [0.5, 0.6) is 0 Å². The lowest BCUT2D eigenvalue weighted by Crippen LogP contribution is -2.58. The van der Waals surface area contributed by atoms with Gasteiger partial charge < -0.3 is 5.73 Å². The highest BCUT2D eigenvalue weighted by atomic mass is 19.4. The highest BCUT2D eigenvalue weighted by Crippen LogP contribution is 2.30. The average molecular weight is 268 g/mol. The van der Waals surface area contributed by atoms with Gasteiger partial charge in [0.15, 0.2) is 0 Å². The van der Waals surface area contributed by atoms with Crippen LogP contribution >= 0.6 is 0 Å². The van der Waals surface area contributed by atoms with Gasteiger partial charge in [0.1, 0.15) is 6.04 Å². The molecular weight excluding hydrogens is 241 g/mol. The van der Waals surface area contributed by atoms with Crippen LogP contribution in [0.25, 0.3) is 0 Å².